The molecule has 2 N–H and O–H groups in total. The molecular formula is C11H10ClNO. The lowest BCUT2D eigenvalue weighted by Crippen LogP contribution is -1.99. The van der Waals surface area contributed by atoms with Crippen molar-refractivity contribution in [3.8, 4) is 12.3 Å². The van der Waals surface area contributed by atoms with Crippen LogP contribution in [0.1, 0.15) is 23.2 Å². The van der Waals surface area contributed by atoms with Crippen molar-refractivity contribution in [2.45, 2.75) is 12.8 Å². The highest BCUT2D eigenvalue weighted by Crippen LogP contribution is 2.20. The molecule has 1 rings (SSSR count). The van der Waals surface area contributed by atoms with E-state index in [9.17, 15) is 4.79 Å². The molecule has 0 amide bonds. The fourth-order valence-electron chi connectivity index (χ4n) is 1.03. The predicted octanol–water partition coefficient (Wildman–Crippen LogP) is 2.52. The normalized spacial score (nSPS) is 9.43. The molecule has 0 aliphatic carbocycles. The molecular weight excluding hydrogens is 198 g/mol. The second-order valence-electron chi connectivity index (χ2n) is 2.86. The number of carbonyl (C=O) groups is 1. The minimum atomic E-state index is -0.00940. The first-order valence-electron chi connectivity index (χ1n) is 4.17. The van der Waals surface area contributed by atoms with Gasteiger partial charge in [0.1, 0.15) is 0 Å². The molecule has 3 heteroatoms. The summed E-state index contributed by atoms with van der Waals surface area (Å²) in [5.74, 6) is 2.41. The van der Waals surface area contributed by atoms with Gasteiger partial charge >= 0.3 is 0 Å². The van der Waals surface area contributed by atoms with Crippen LogP contribution in [0.25, 0.3) is 0 Å². The summed E-state index contributed by atoms with van der Waals surface area (Å²) >= 11 is 5.77. The van der Waals surface area contributed by atoms with E-state index >= 15 is 0 Å². The van der Waals surface area contributed by atoms with E-state index in [2.05, 4.69) is 5.92 Å². The van der Waals surface area contributed by atoms with Crippen molar-refractivity contribution in [3.05, 3.63) is 28.8 Å². The van der Waals surface area contributed by atoms with Gasteiger partial charge in [-0.1, -0.05) is 11.6 Å². The Morgan fingerprint density at radius 3 is 2.86 bits per heavy atom. The van der Waals surface area contributed by atoms with Crippen LogP contribution in [0.5, 0.6) is 0 Å². The van der Waals surface area contributed by atoms with Crippen molar-refractivity contribution in [2.75, 3.05) is 5.73 Å². The molecule has 0 saturated carbocycles. The summed E-state index contributed by atoms with van der Waals surface area (Å²) < 4.78 is 0. The SMILES string of the molecule is C#CCCC(=O)c1ccc(N)c(Cl)c1. The third-order valence-corrected chi connectivity index (χ3v) is 2.15. The van der Waals surface area contributed by atoms with Crippen LogP contribution in [0.15, 0.2) is 18.2 Å². The smallest absolute Gasteiger partial charge is 0.163 e. The van der Waals surface area contributed by atoms with Gasteiger partial charge in [0, 0.05) is 18.4 Å². The van der Waals surface area contributed by atoms with Gasteiger partial charge in [-0.05, 0) is 18.2 Å². The maximum absolute atomic E-state index is 11.5. The number of carbonyl (C=O) groups excluding carboxylic acids is 1. The molecule has 0 radical (unpaired) electrons. The van der Waals surface area contributed by atoms with E-state index in [1.54, 1.807) is 18.2 Å². The van der Waals surface area contributed by atoms with Crippen LogP contribution in [-0.2, 0) is 0 Å². The largest absolute Gasteiger partial charge is 0.398 e. The Balaban J connectivity index is 2.82. The Bertz CT molecular complexity index is 393. The second kappa shape index (κ2) is 4.69. The van der Waals surface area contributed by atoms with Gasteiger partial charge in [0.15, 0.2) is 5.78 Å². The van der Waals surface area contributed by atoms with Gasteiger partial charge in [0.25, 0.3) is 0 Å². The number of hydrogen-bond donors (Lipinski definition) is 1. The fraction of sp³-hybridized carbons (Fsp3) is 0.182. The van der Waals surface area contributed by atoms with Gasteiger partial charge < -0.3 is 5.73 Å². The average molecular weight is 208 g/mol. The molecule has 0 aliphatic heterocycles. The maximum Gasteiger partial charge on any atom is 0.163 e. The molecule has 0 atom stereocenters. The number of nitrogens with two attached hydrogens (primary N) is 1. The molecule has 0 bridgehead atoms. The summed E-state index contributed by atoms with van der Waals surface area (Å²) in [4.78, 5) is 11.5. The van der Waals surface area contributed by atoms with Crippen molar-refractivity contribution >= 4 is 23.1 Å². The zero-order valence-electron chi connectivity index (χ0n) is 7.59. The van der Waals surface area contributed by atoms with Crippen molar-refractivity contribution in [2.24, 2.45) is 0 Å². The number of Topliss-reactive ketones (excluding diaryl/α,β-unsaturated/α-hetero) is 1. The Morgan fingerprint density at radius 2 is 2.29 bits per heavy atom. The highest BCUT2D eigenvalue weighted by molar-refractivity contribution is 6.33. The highest BCUT2D eigenvalue weighted by Gasteiger charge is 2.06. The molecule has 1 aromatic rings. The van der Waals surface area contributed by atoms with Crippen LogP contribution < -0.4 is 5.73 Å². The van der Waals surface area contributed by atoms with E-state index in [-0.39, 0.29) is 5.78 Å². The van der Waals surface area contributed by atoms with Crippen LogP contribution in [0.3, 0.4) is 0 Å². The van der Waals surface area contributed by atoms with E-state index in [1.807, 2.05) is 0 Å². The van der Waals surface area contributed by atoms with Crippen LogP contribution in [0.4, 0.5) is 5.69 Å². The second-order valence-corrected chi connectivity index (χ2v) is 3.27. The molecule has 0 aliphatic rings. The van der Waals surface area contributed by atoms with E-state index in [0.717, 1.165) is 0 Å². The summed E-state index contributed by atoms with van der Waals surface area (Å²) in [6.07, 6.45) is 5.85. The fourth-order valence-corrected chi connectivity index (χ4v) is 1.21. The van der Waals surface area contributed by atoms with Gasteiger partial charge in [-0.3, -0.25) is 4.79 Å². The average Bonchev–Trinajstić information content (AvgIpc) is 2.18. The van der Waals surface area contributed by atoms with E-state index < -0.39 is 0 Å². The minimum Gasteiger partial charge on any atom is -0.398 e. The Hall–Kier alpha value is -1.46. The lowest BCUT2D eigenvalue weighted by atomic mass is 10.1. The summed E-state index contributed by atoms with van der Waals surface area (Å²) in [6.45, 7) is 0. The third-order valence-electron chi connectivity index (χ3n) is 1.82. The molecule has 0 spiro atoms. The molecule has 0 aromatic heterocycles. The number of nitrogen functional groups attached to an aromatic ring is 1. The van der Waals surface area contributed by atoms with Gasteiger partial charge in [0.05, 0.1) is 10.7 Å². The van der Waals surface area contributed by atoms with E-state index in [1.165, 1.54) is 0 Å². The van der Waals surface area contributed by atoms with Gasteiger partial charge in [-0.15, -0.1) is 12.3 Å². The minimum absolute atomic E-state index is 0.00940. The van der Waals surface area contributed by atoms with Crippen LogP contribution in [0.2, 0.25) is 5.02 Å². The Morgan fingerprint density at radius 1 is 1.57 bits per heavy atom. The number of halogens is 1. The topological polar surface area (TPSA) is 43.1 Å². The van der Waals surface area contributed by atoms with E-state index in [0.29, 0.717) is 29.1 Å². The molecule has 1 aromatic carbocycles. The van der Waals surface area contributed by atoms with Crippen molar-refractivity contribution < 1.29 is 4.79 Å². The van der Waals surface area contributed by atoms with Crippen molar-refractivity contribution in [3.63, 3.8) is 0 Å². The monoisotopic (exact) mass is 207 g/mol. The molecule has 2 nitrogen and oxygen atoms in total. The summed E-state index contributed by atoms with van der Waals surface area (Å²) in [5.41, 5.74) is 6.54. The maximum atomic E-state index is 11.5. The number of terminal acetylenes is 1. The van der Waals surface area contributed by atoms with Crippen LogP contribution in [0, 0.1) is 12.3 Å². The van der Waals surface area contributed by atoms with Gasteiger partial charge in [-0.2, -0.15) is 0 Å². The first-order valence-corrected chi connectivity index (χ1v) is 4.54. The number of anilines is 1. The van der Waals surface area contributed by atoms with Gasteiger partial charge in [0.2, 0.25) is 0 Å². The van der Waals surface area contributed by atoms with Gasteiger partial charge in [-0.25, -0.2) is 0 Å². The molecule has 72 valence electrons. The zero-order valence-corrected chi connectivity index (χ0v) is 8.34. The lowest BCUT2D eigenvalue weighted by Gasteiger charge is -2.01. The highest BCUT2D eigenvalue weighted by atomic mass is 35.5. The summed E-state index contributed by atoms with van der Waals surface area (Å²) in [6, 6.07) is 4.83. The zero-order chi connectivity index (χ0) is 10.6. The quantitative estimate of drug-likeness (QED) is 0.470. The molecule has 0 fully saturated rings. The lowest BCUT2D eigenvalue weighted by molar-refractivity contribution is 0.0984. The summed E-state index contributed by atoms with van der Waals surface area (Å²) in [5, 5.41) is 0.400. The number of hydrogen-bond acceptors (Lipinski definition) is 2. The Labute approximate surface area is 88.1 Å². The van der Waals surface area contributed by atoms with Crippen molar-refractivity contribution in [1.82, 2.24) is 0 Å². The first kappa shape index (κ1) is 10.6. The Kier molecular flexibility index (Phi) is 3.55. The van der Waals surface area contributed by atoms with Crippen LogP contribution >= 0.6 is 11.6 Å². The molecule has 14 heavy (non-hydrogen) atoms. The van der Waals surface area contributed by atoms with Crippen molar-refractivity contribution in [1.29, 1.82) is 0 Å². The molecule has 0 heterocycles. The standard InChI is InChI=1S/C11H10ClNO/c1-2-3-4-11(14)8-5-6-10(13)9(12)7-8/h1,5-7H,3-4,13H2. The first-order chi connectivity index (χ1) is 6.65. The molecule has 0 saturated heterocycles. The third kappa shape index (κ3) is 2.51. The number of rotatable bonds is 3. The number of benzene rings is 1. The number of ketones is 1. The summed E-state index contributed by atoms with van der Waals surface area (Å²) in [7, 11) is 0. The molecule has 0 unspecified atom stereocenters. The van der Waals surface area contributed by atoms with E-state index in [4.69, 9.17) is 23.8 Å². The van der Waals surface area contributed by atoms with Crippen LogP contribution in [-0.4, -0.2) is 5.78 Å². The predicted molar refractivity (Wildman–Crippen MR) is 58.3 cm³/mol.